The van der Waals surface area contributed by atoms with E-state index in [0.29, 0.717) is 11.6 Å². The predicted octanol–water partition coefficient (Wildman–Crippen LogP) is 3.90. The summed E-state index contributed by atoms with van der Waals surface area (Å²) in [5.74, 6) is 0.847. The number of ether oxygens (including phenoxy) is 1. The van der Waals surface area contributed by atoms with Crippen molar-refractivity contribution in [1.29, 1.82) is 0 Å². The lowest BCUT2D eigenvalue weighted by molar-refractivity contribution is 0.242. The summed E-state index contributed by atoms with van der Waals surface area (Å²) in [5, 5.41) is 0.659. The van der Waals surface area contributed by atoms with Gasteiger partial charge in [-0.1, -0.05) is 11.6 Å². The molecule has 2 aromatic heterocycles. The summed E-state index contributed by atoms with van der Waals surface area (Å²) in [5.41, 5.74) is 9.58. The number of pyridine rings is 1. The Balaban J connectivity index is 2.05. The van der Waals surface area contributed by atoms with Crippen LogP contribution in [0.5, 0.6) is 5.75 Å². The first-order chi connectivity index (χ1) is 10.6. The Morgan fingerprint density at radius 3 is 2.55 bits per heavy atom. The van der Waals surface area contributed by atoms with Crippen molar-refractivity contribution < 1.29 is 4.74 Å². The molecule has 114 valence electrons. The molecule has 0 aliphatic carbocycles. The molecule has 0 unspecified atom stereocenters. The fraction of sp³-hybridized carbons (Fsp3) is 0.235. The molecule has 0 amide bonds. The number of benzene rings is 1. The van der Waals surface area contributed by atoms with Crippen LogP contribution in [0.3, 0.4) is 0 Å². The molecular formula is C17H18ClN3O. The molecule has 0 aliphatic heterocycles. The van der Waals surface area contributed by atoms with Gasteiger partial charge in [-0.3, -0.25) is 0 Å². The summed E-state index contributed by atoms with van der Waals surface area (Å²) in [6.45, 7) is 4.40. The van der Waals surface area contributed by atoms with Gasteiger partial charge >= 0.3 is 0 Å². The van der Waals surface area contributed by atoms with Crippen molar-refractivity contribution in [2.24, 2.45) is 5.73 Å². The Morgan fingerprint density at radius 2 is 1.91 bits per heavy atom. The van der Waals surface area contributed by atoms with E-state index < -0.39 is 0 Å². The summed E-state index contributed by atoms with van der Waals surface area (Å²) in [7, 11) is 0. The van der Waals surface area contributed by atoms with Crippen LogP contribution < -0.4 is 10.5 Å². The first kappa shape index (κ1) is 14.9. The molecule has 5 heteroatoms. The normalized spacial score (nSPS) is 11.3. The minimum absolute atomic E-state index is 0.155. The SMILES string of the molecule is CC(C)Oc1ccc(-c2nc3ccc(Cl)cn3c2CN)cc1. The van der Waals surface area contributed by atoms with Crippen molar-refractivity contribution in [1.82, 2.24) is 9.38 Å². The van der Waals surface area contributed by atoms with Crippen molar-refractivity contribution in [3.8, 4) is 17.0 Å². The zero-order valence-electron chi connectivity index (χ0n) is 12.6. The standard InChI is InChI=1S/C17H18ClN3O/c1-11(2)22-14-6-3-12(4-7-14)17-15(9-19)21-10-13(18)5-8-16(21)20-17/h3-8,10-11H,9,19H2,1-2H3. The van der Waals surface area contributed by atoms with Gasteiger partial charge in [0.1, 0.15) is 11.4 Å². The fourth-order valence-electron chi connectivity index (χ4n) is 2.46. The van der Waals surface area contributed by atoms with E-state index in [4.69, 9.17) is 22.1 Å². The van der Waals surface area contributed by atoms with Gasteiger partial charge in [0.25, 0.3) is 0 Å². The van der Waals surface area contributed by atoms with E-state index in [-0.39, 0.29) is 6.10 Å². The summed E-state index contributed by atoms with van der Waals surface area (Å²) in [6, 6.07) is 11.6. The number of halogens is 1. The summed E-state index contributed by atoms with van der Waals surface area (Å²) >= 11 is 6.07. The Labute approximate surface area is 134 Å². The average molecular weight is 316 g/mol. The van der Waals surface area contributed by atoms with Gasteiger partial charge in [0.05, 0.1) is 22.5 Å². The monoisotopic (exact) mass is 315 g/mol. The first-order valence-corrected chi connectivity index (χ1v) is 7.60. The van der Waals surface area contributed by atoms with Crippen LogP contribution in [0.25, 0.3) is 16.9 Å². The minimum atomic E-state index is 0.155. The maximum absolute atomic E-state index is 6.07. The molecule has 0 fully saturated rings. The van der Waals surface area contributed by atoms with Crippen LogP contribution in [-0.4, -0.2) is 15.5 Å². The minimum Gasteiger partial charge on any atom is -0.491 e. The number of hydrogen-bond donors (Lipinski definition) is 1. The number of fused-ring (bicyclic) bond motifs is 1. The Morgan fingerprint density at radius 1 is 1.18 bits per heavy atom. The van der Waals surface area contributed by atoms with Crippen LogP contribution in [0.1, 0.15) is 19.5 Å². The fourth-order valence-corrected chi connectivity index (χ4v) is 2.62. The summed E-state index contributed by atoms with van der Waals surface area (Å²) in [6.07, 6.45) is 1.99. The second kappa shape index (κ2) is 5.99. The van der Waals surface area contributed by atoms with Crippen LogP contribution in [0.2, 0.25) is 5.02 Å². The van der Waals surface area contributed by atoms with E-state index in [1.807, 2.05) is 60.8 Å². The van der Waals surface area contributed by atoms with Crippen LogP contribution in [0.4, 0.5) is 0 Å². The number of nitrogens with two attached hydrogens (primary N) is 1. The number of imidazole rings is 1. The van der Waals surface area contributed by atoms with Gasteiger partial charge in [0.2, 0.25) is 0 Å². The van der Waals surface area contributed by atoms with Crippen LogP contribution in [0, 0.1) is 0 Å². The third-order valence-electron chi connectivity index (χ3n) is 3.37. The van der Waals surface area contributed by atoms with E-state index in [9.17, 15) is 0 Å². The molecule has 0 bridgehead atoms. The van der Waals surface area contributed by atoms with Crippen LogP contribution in [0.15, 0.2) is 42.6 Å². The third kappa shape index (κ3) is 2.80. The molecule has 2 heterocycles. The molecule has 0 atom stereocenters. The zero-order chi connectivity index (χ0) is 15.7. The molecule has 0 saturated heterocycles. The molecule has 4 nitrogen and oxygen atoms in total. The van der Waals surface area contributed by atoms with Crippen molar-refractivity contribution in [3.63, 3.8) is 0 Å². The molecule has 0 spiro atoms. The van der Waals surface area contributed by atoms with Crippen molar-refractivity contribution in [3.05, 3.63) is 53.3 Å². The molecule has 3 rings (SSSR count). The molecule has 2 N–H and O–H groups in total. The molecule has 0 radical (unpaired) electrons. The van der Waals surface area contributed by atoms with E-state index in [1.54, 1.807) is 0 Å². The lowest BCUT2D eigenvalue weighted by Gasteiger charge is -2.10. The van der Waals surface area contributed by atoms with Gasteiger partial charge in [0.15, 0.2) is 0 Å². The second-order valence-corrected chi connectivity index (χ2v) is 5.81. The Bertz CT molecular complexity index is 794. The topological polar surface area (TPSA) is 52.5 Å². The number of hydrogen-bond acceptors (Lipinski definition) is 3. The Hall–Kier alpha value is -2.04. The first-order valence-electron chi connectivity index (χ1n) is 7.22. The quantitative estimate of drug-likeness (QED) is 0.794. The highest BCUT2D eigenvalue weighted by atomic mass is 35.5. The maximum Gasteiger partial charge on any atom is 0.137 e. The van der Waals surface area contributed by atoms with Gasteiger partial charge in [0, 0.05) is 18.3 Å². The van der Waals surface area contributed by atoms with Gasteiger partial charge in [-0.2, -0.15) is 0 Å². The van der Waals surface area contributed by atoms with E-state index in [1.165, 1.54) is 0 Å². The molecular weight excluding hydrogens is 298 g/mol. The Kier molecular flexibility index (Phi) is 4.05. The average Bonchev–Trinajstić information content (AvgIpc) is 2.85. The predicted molar refractivity (Wildman–Crippen MR) is 89.3 cm³/mol. The van der Waals surface area contributed by atoms with Gasteiger partial charge in [-0.05, 0) is 50.2 Å². The van der Waals surface area contributed by atoms with Gasteiger partial charge in [-0.25, -0.2) is 4.98 Å². The zero-order valence-corrected chi connectivity index (χ0v) is 13.3. The number of aromatic nitrogens is 2. The highest BCUT2D eigenvalue weighted by Gasteiger charge is 2.13. The highest BCUT2D eigenvalue weighted by Crippen LogP contribution is 2.27. The second-order valence-electron chi connectivity index (χ2n) is 5.38. The molecule has 22 heavy (non-hydrogen) atoms. The number of nitrogens with zero attached hydrogens (tertiary/aromatic N) is 2. The largest absolute Gasteiger partial charge is 0.491 e. The molecule has 1 aromatic carbocycles. The van der Waals surface area contributed by atoms with E-state index in [0.717, 1.165) is 28.3 Å². The van der Waals surface area contributed by atoms with E-state index >= 15 is 0 Å². The lowest BCUT2D eigenvalue weighted by Crippen LogP contribution is -2.05. The van der Waals surface area contributed by atoms with Crippen molar-refractivity contribution in [2.75, 3.05) is 0 Å². The smallest absolute Gasteiger partial charge is 0.137 e. The summed E-state index contributed by atoms with van der Waals surface area (Å²) in [4.78, 5) is 4.67. The molecule has 3 aromatic rings. The van der Waals surface area contributed by atoms with Gasteiger partial charge in [-0.15, -0.1) is 0 Å². The van der Waals surface area contributed by atoms with E-state index in [2.05, 4.69) is 4.98 Å². The molecule has 0 saturated carbocycles. The lowest BCUT2D eigenvalue weighted by atomic mass is 10.1. The molecule has 0 aliphatic rings. The maximum atomic E-state index is 6.07. The number of rotatable bonds is 4. The summed E-state index contributed by atoms with van der Waals surface area (Å²) < 4.78 is 7.61. The van der Waals surface area contributed by atoms with Crippen molar-refractivity contribution >= 4 is 17.2 Å². The van der Waals surface area contributed by atoms with Crippen LogP contribution in [-0.2, 0) is 6.54 Å². The van der Waals surface area contributed by atoms with Crippen LogP contribution >= 0.6 is 11.6 Å². The van der Waals surface area contributed by atoms with Crippen molar-refractivity contribution in [2.45, 2.75) is 26.5 Å². The van der Waals surface area contributed by atoms with Gasteiger partial charge < -0.3 is 14.9 Å². The highest BCUT2D eigenvalue weighted by molar-refractivity contribution is 6.30. The third-order valence-corrected chi connectivity index (χ3v) is 3.60.